The first kappa shape index (κ1) is 23.3. The second-order valence-corrected chi connectivity index (χ2v) is 13.4. The molecule has 40 heavy (non-hydrogen) atoms. The third kappa shape index (κ3) is 2.39. The van der Waals surface area contributed by atoms with E-state index in [9.17, 15) is 0 Å². The molecule has 0 radical (unpaired) electrons. The van der Waals surface area contributed by atoms with Gasteiger partial charge in [-0.2, -0.15) is 0 Å². The second kappa shape index (κ2) is 7.43. The third-order valence-electron chi connectivity index (χ3n) is 11.6. The first-order valence-electron chi connectivity index (χ1n) is 15.6. The highest BCUT2D eigenvalue weighted by Crippen LogP contribution is 2.64. The summed E-state index contributed by atoms with van der Waals surface area (Å²) in [6.07, 6.45) is 7.67. The Hall–Kier alpha value is -3.46. The lowest BCUT2D eigenvalue weighted by Gasteiger charge is -2.55. The lowest BCUT2D eigenvalue weighted by molar-refractivity contribution is 0.147. The maximum absolute atomic E-state index is 2.91. The largest absolute Gasteiger partial charge is 0.335 e. The zero-order valence-electron chi connectivity index (χ0n) is 24.5. The van der Waals surface area contributed by atoms with Crippen molar-refractivity contribution in [2.24, 2.45) is 0 Å². The summed E-state index contributed by atoms with van der Waals surface area (Å²) in [7, 11) is 0. The summed E-state index contributed by atoms with van der Waals surface area (Å²) >= 11 is 0. The van der Waals surface area contributed by atoms with E-state index in [0.717, 1.165) is 0 Å². The van der Waals surface area contributed by atoms with E-state index in [1.165, 1.54) is 99.3 Å². The van der Waals surface area contributed by atoms with Crippen LogP contribution >= 0.6 is 0 Å². The van der Waals surface area contributed by atoms with Gasteiger partial charge in [-0.15, -0.1) is 0 Å². The molecule has 1 saturated carbocycles. The van der Waals surface area contributed by atoms with Crippen molar-refractivity contribution in [3.05, 3.63) is 82.9 Å². The highest BCUT2D eigenvalue weighted by Gasteiger charge is 2.63. The summed E-state index contributed by atoms with van der Waals surface area (Å²) in [5.74, 6) is 0. The molecule has 4 aliphatic rings. The van der Waals surface area contributed by atoms with Gasteiger partial charge >= 0.3 is 0 Å². The van der Waals surface area contributed by atoms with Gasteiger partial charge in [0.05, 0.1) is 11.1 Å². The number of anilines is 2. The number of hydrogen-bond acceptors (Lipinski definition) is 1. The van der Waals surface area contributed by atoms with E-state index in [4.69, 9.17) is 0 Å². The van der Waals surface area contributed by atoms with E-state index in [-0.39, 0.29) is 17.7 Å². The van der Waals surface area contributed by atoms with Gasteiger partial charge in [0.25, 0.3) is 6.71 Å². The molecule has 1 fully saturated rings. The number of benzene rings is 4. The smallest absolute Gasteiger partial charge is 0.252 e. The van der Waals surface area contributed by atoms with Crippen LogP contribution in [-0.4, -0.2) is 16.8 Å². The predicted octanol–water partition coefficient (Wildman–Crippen LogP) is 7.37. The van der Waals surface area contributed by atoms with E-state index >= 15 is 0 Å². The maximum atomic E-state index is 2.91. The fraction of sp³-hybridized carbons (Fsp3) is 0.351. The van der Waals surface area contributed by atoms with E-state index in [2.05, 4.69) is 105 Å². The van der Waals surface area contributed by atoms with Gasteiger partial charge < -0.3 is 9.47 Å². The van der Waals surface area contributed by atoms with Gasteiger partial charge in [-0.1, -0.05) is 73.7 Å². The van der Waals surface area contributed by atoms with Crippen molar-refractivity contribution in [3.8, 4) is 5.69 Å². The number of hydrogen-bond donors (Lipinski definition) is 0. The van der Waals surface area contributed by atoms with E-state index < -0.39 is 0 Å². The van der Waals surface area contributed by atoms with Crippen LogP contribution in [0.3, 0.4) is 0 Å². The van der Waals surface area contributed by atoms with Crippen LogP contribution in [0.15, 0.2) is 60.7 Å². The summed E-state index contributed by atoms with van der Waals surface area (Å²) in [6, 6.07) is 24.3. The Morgan fingerprint density at radius 3 is 2.33 bits per heavy atom. The topological polar surface area (TPSA) is 8.17 Å². The van der Waals surface area contributed by atoms with Crippen LogP contribution in [0.5, 0.6) is 0 Å². The average Bonchev–Trinajstić information content (AvgIpc) is 3.41. The highest BCUT2D eigenvalue weighted by molar-refractivity contribution is 7.00. The Labute approximate surface area is 238 Å². The van der Waals surface area contributed by atoms with Gasteiger partial charge in [0.2, 0.25) is 0 Å². The number of fused-ring (bicyclic) bond motifs is 10. The minimum absolute atomic E-state index is 0.142. The standard InChI is InChI=1S/C37H37BN2/c1-6-36-15-8-9-16-37(36,7-2)40-32-12-10-11-31-33(32)38(29-21-24(5)19-27(36)35(29)40)28-20-23(4)18-26-25-17-22(3)13-14-30(25)39(31)34(26)28/h10-14,17-21H,6-9,15-16H2,1-5H3. The minimum Gasteiger partial charge on any atom is -0.335 e. The van der Waals surface area contributed by atoms with Gasteiger partial charge in [-0.05, 0) is 98.7 Å². The molecule has 4 aromatic carbocycles. The van der Waals surface area contributed by atoms with Gasteiger partial charge in [-0.25, -0.2) is 0 Å². The summed E-state index contributed by atoms with van der Waals surface area (Å²) in [5, 5.41) is 2.79. The van der Waals surface area contributed by atoms with Crippen molar-refractivity contribution in [2.45, 2.75) is 84.1 Å². The molecule has 9 rings (SSSR count). The van der Waals surface area contributed by atoms with Crippen LogP contribution in [0.2, 0.25) is 0 Å². The highest BCUT2D eigenvalue weighted by atomic mass is 15.3. The van der Waals surface area contributed by atoms with Gasteiger partial charge in [0.15, 0.2) is 0 Å². The van der Waals surface area contributed by atoms with E-state index in [1.807, 2.05) is 0 Å². The number of rotatable bonds is 2. The molecular weight excluding hydrogens is 483 g/mol. The maximum Gasteiger partial charge on any atom is 0.252 e. The quantitative estimate of drug-likeness (QED) is 0.216. The molecule has 3 aliphatic heterocycles. The predicted molar refractivity (Wildman–Crippen MR) is 172 cm³/mol. The summed E-state index contributed by atoms with van der Waals surface area (Å²) < 4.78 is 2.61. The molecule has 5 aromatic rings. The number of aromatic nitrogens is 1. The number of aryl methyl sites for hydroxylation is 3. The second-order valence-electron chi connectivity index (χ2n) is 13.4. The molecule has 0 saturated heterocycles. The molecule has 4 heterocycles. The van der Waals surface area contributed by atoms with Crippen LogP contribution in [-0.2, 0) is 5.41 Å². The first-order valence-corrected chi connectivity index (χ1v) is 15.6. The zero-order valence-corrected chi connectivity index (χ0v) is 24.5. The number of nitrogens with zero attached hydrogens (tertiary/aromatic N) is 2. The Bertz CT molecular complexity index is 1950. The molecule has 0 bridgehead atoms. The summed E-state index contributed by atoms with van der Waals surface area (Å²) in [4.78, 5) is 2.91. The van der Waals surface area contributed by atoms with Gasteiger partial charge in [-0.3, -0.25) is 0 Å². The Balaban J connectivity index is 1.49. The monoisotopic (exact) mass is 520 g/mol. The van der Waals surface area contributed by atoms with Crippen LogP contribution in [0.1, 0.15) is 74.6 Å². The molecule has 198 valence electrons. The Morgan fingerprint density at radius 2 is 1.50 bits per heavy atom. The zero-order chi connectivity index (χ0) is 27.1. The molecule has 3 heteroatoms. The molecule has 1 aromatic heterocycles. The van der Waals surface area contributed by atoms with Crippen molar-refractivity contribution in [1.82, 2.24) is 4.57 Å². The molecule has 0 N–H and O–H groups in total. The molecule has 1 aliphatic carbocycles. The van der Waals surface area contributed by atoms with Gasteiger partial charge in [0.1, 0.15) is 0 Å². The minimum atomic E-state index is 0.142. The van der Waals surface area contributed by atoms with Crippen LogP contribution in [0, 0.1) is 20.8 Å². The van der Waals surface area contributed by atoms with Crippen molar-refractivity contribution < 1.29 is 0 Å². The average molecular weight is 521 g/mol. The molecule has 0 spiro atoms. The SMILES string of the molecule is CCC12CCCCC1(CC)N1c3cccc4c3B(c3cc(C)cc2c31)c1cc(C)cc2c3cc(C)ccc3n-4c12. The van der Waals surface area contributed by atoms with Gasteiger partial charge in [0, 0.05) is 38.8 Å². The first-order chi connectivity index (χ1) is 19.4. The Kier molecular flexibility index (Phi) is 4.32. The van der Waals surface area contributed by atoms with Crippen molar-refractivity contribution in [3.63, 3.8) is 0 Å². The normalized spacial score (nSPS) is 23.5. The van der Waals surface area contributed by atoms with E-state index in [0.29, 0.717) is 0 Å². The summed E-state index contributed by atoms with van der Waals surface area (Å²) in [5.41, 5.74) is 17.8. The Morgan fingerprint density at radius 1 is 0.750 bits per heavy atom. The molecule has 2 atom stereocenters. The van der Waals surface area contributed by atoms with Crippen molar-refractivity contribution in [1.29, 1.82) is 0 Å². The molecule has 2 unspecified atom stereocenters. The molecule has 0 amide bonds. The van der Waals surface area contributed by atoms with Crippen molar-refractivity contribution in [2.75, 3.05) is 4.90 Å². The molecular formula is C37H37BN2. The van der Waals surface area contributed by atoms with Crippen molar-refractivity contribution >= 4 is 56.3 Å². The van der Waals surface area contributed by atoms with Crippen LogP contribution in [0.25, 0.3) is 27.5 Å². The summed E-state index contributed by atoms with van der Waals surface area (Å²) in [6.45, 7) is 12.1. The van der Waals surface area contributed by atoms with Crippen LogP contribution in [0.4, 0.5) is 11.4 Å². The third-order valence-corrected chi connectivity index (χ3v) is 11.6. The lowest BCUT2D eigenvalue weighted by atomic mass is 9.33. The fourth-order valence-corrected chi connectivity index (χ4v) is 10.2. The fourth-order valence-electron chi connectivity index (χ4n) is 10.2. The van der Waals surface area contributed by atoms with E-state index in [1.54, 1.807) is 16.7 Å². The lowest BCUT2D eigenvalue weighted by Crippen LogP contribution is -2.65. The molecule has 2 nitrogen and oxygen atoms in total. The van der Waals surface area contributed by atoms with Crippen LogP contribution < -0.4 is 21.3 Å².